The number of likely N-dealkylation sites (tertiary alicyclic amines) is 2. The molecule has 1 aromatic heterocycles. The van der Waals surface area contributed by atoms with Crippen LogP contribution in [0.4, 0.5) is 0 Å². The zero-order chi connectivity index (χ0) is 20.7. The van der Waals surface area contributed by atoms with Gasteiger partial charge in [-0.25, -0.2) is 0 Å². The summed E-state index contributed by atoms with van der Waals surface area (Å²) >= 11 is 0. The lowest BCUT2D eigenvalue weighted by Crippen LogP contribution is -2.45. The van der Waals surface area contributed by atoms with Crippen LogP contribution in [0.2, 0.25) is 0 Å². The quantitative estimate of drug-likeness (QED) is 0.619. The first-order valence-corrected chi connectivity index (χ1v) is 11.1. The Bertz CT molecular complexity index is 1100. The Morgan fingerprint density at radius 3 is 2.37 bits per heavy atom. The predicted octanol–water partition coefficient (Wildman–Crippen LogP) is 4.76. The maximum Gasteiger partial charge on any atom is 0.289 e. The molecule has 3 heterocycles. The number of hydrogen-bond donors (Lipinski definition) is 0. The number of amides is 2. The SMILES string of the molecule is Cc1c(C(=O)N2CCC(C(=O)N3CCCCC3)CC2)oc2c1ccc1ccccc12. The molecule has 2 amide bonds. The van der Waals surface area contributed by atoms with Crippen molar-refractivity contribution in [3.05, 3.63) is 47.7 Å². The van der Waals surface area contributed by atoms with Crippen molar-refractivity contribution >= 4 is 33.6 Å². The van der Waals surface area contributed by atoms with E-state index in [1.807, 2.05) is 41.0 Å². The average molecular weight is 405 g/mol. The molecule has 0 unspecified atom stereocenters. The molecule has 5 nitrogen and oxygen atoms in total. The van der Waals surface area contributed by atoms with Crippen molar-refractivity contribution < 1.29 is 14.0 Å². The van der Waals surface area contributed by atoms with Gasteiger partial charge in [-0.15, -0.1) is 0 Å². The van der Waals surface area contributed by atoms with Crippen molar-refractivity contribution in [2.75, 3.05) is 26.2 Å². The molecule has 0 atom stereocenters. The minimum atomic E-state index is -0.0587. The Labute approximate surface area is 176 Å². The van der Waals surface area contributed by atoms with E-state index in [0.717, 1.165) is 66.1 Å². The van der Waals surface area contributed by atoms with E-state index in [1.54, 1.807) is 0 Å². The van der Waals surface area contributed by atoms with Crippen LogP contribution in [-0.2, 0) is 4.79 Å². The molecule has 2 aliphatic heterocycles. The van der Waals surface area contributed by atoms with Crippen molar-refractivity contribution in [3.63, 3.8) is 0 Å². The fraction of sp³-hybridized carbons (Fsp3) is 0.440. The topological polar surface area (TPSA) is 53.8 Å². The van der Waals surface area contributed by atoms with Gasteiger partial charge in [0.05, 0.1) is 0 Å². The van der Waals surface area contributed by atoms with Gasteiger partial charge in [-0.2, -0.15) is 0 Å². The Morgan fingerprint density at radius 1 is 0.867 bits per heavy atom. The summed E-state index contributed by atoms with van der Waals surface area (Å²) in [6.07, 6.45) is 4.93. The molecule has 0 saturated carbocycles. The summed E-state index contributed by atoms with van der Waals surface area (Å²) in [6.45, 7) is 4.97. The van der Waals surface area contributed by atoms with Crippen molar-refractivity contribution in [1.29, 1.82) is 0 Å². The Balaban J connectivity index is 1.33. The van der Waals surface area contributed by atoms with Crippen molar-refractivity contribution in [2.24, 2.45) is 5.92 Å². The van der Waals surface area contributed by atoms with Crippen LogP contribution in [0.5, 0.6) is 0 Å². The van der Waals surface area contributed by atoms with Gasteiger partial charge in [0.2, 0.25) is 5.91 Å². The number of piperidine rings is 2. The van der Waals surface area contributed by atoms with E-state index >= 15 is 0 Å². The van der Waals surface area contributed by atoms with Gasteiger partial charge in [-0.1, -0.05) is 36.4 Å². The molecule has 3 aromatic rings. The van der Waals surface area contributed by atoms with Crippen molar-refractivity contribution in [3.8, 4) is 0 Å². The van der Waals surface area contributed by atoms with Gasteiger partial charge in [0.25, 0.3) is 5.91 Å². The highest BCUT2D eigenvalue weighted by Crippen LogP contribution is 2.33. The van der Waals surface area contributed by atoms with Crippen LogP contribution in [0.25, 0.3) is 21.7 Å². The van der Waals surface area contributed by atoms with Gasteiger partial charge in [0.1, 0.15) is 5.58 Å². The van der Waals surface area contributed by atoms with Gasteiger partial charge in [-0.05, 0) is 44.4 Å². The maximum absolute atomic E-state index is 13.2. The third-order valence-corrected chi connectivity index (χ3v) is 6.82. The van der Waals surface area contributed by atoms with Crippen LogP contribution in [-0.4, -0.2) is 47.8 Å². The Kier molecular flexibility index (Phi) is 4.97. The highest BCUT2D eigenvalue weighted by molar-refractivity contribution is 6.08. The van der Waals surface area contributed by atoms with Gasteiger partial charge in [0.15, 0.2) is 5.76 Å². The summed E-state index contributed by atoms with van der Waals surface area (Å²) in [5.74, 6) is 0.708. The summed E-state index contributed by atoms with van der Waals surface area (Å²) in [7, 11) is 0. The average Bonchev–Trinajstić information content (AvgIpc) is 3.15. The van der Waals surface area contributed by atoms with Crippen LogP contribution in [0.1, 0.15) is 48.2 Å². The van der Waals surface area contributed by atoms with Crippen LogP contribution >= 0.6 is 0 Å². The van der Waals surface area contributed by atoms with Crippen molar-refractivity contribution in [1.82, 2.24) is 9.80 Å². The fourth-order valence-corrected chi connectivity index (χ4v) is 5.00. The third-order valence-electron chi connectivity index (χ3n) is 6.82. The number of fused-ring (bicyclic) bond motifs is 3. The minimum absolute atomic E-state index is 0.0489. The highest BCUT2D eigenvalue weighted by atomic mass is 16.3. The van der Waals surface area contributed by atoms with E-state index in [2.05, 4.69) is 12.1 Å². The molecule has 30 heavy (non-hydrogen) atoms. The van der Waals surface area contributed by atoms with E-state index in [1.165, 1.54) is 6.42 Å². The first kappa shape index (κ1) is 19.2. The maximum atomic E-state index is 13.2. The zero-order valence-corrected chi connectivity index (χ0v) is 17.5. The number of carbonyl (C=O) groups excluding carboxylic acids is 2. The van der Waals surface area contributed by atoms with Crippen LogP contribution < -0.4 is 0 Å². The molecule has 5 rings (SSSR count). The molecule has 0 aliphatic carbocycles. The molecule has 2 fully saturated rings. The Morgan fingerprint density at radius 2 is 1.60 bits per heavy atom. The second-order valence-electron chi connectivity index (χ2n) is 8.67. The van der Waals surface area contributed by atoms with Gasteiger partial charge >= 0.3 is 0 Å². The summed E-state index contributed by atoms with van der Waals surface area (Å²) in [6, 6.07) is 12.2. The standard InChI is InChI=1S/C25H28N2O3/c1-17-20-10-9-18-7-3-4-8-21(18)23(20)30-22(17)25(29)27-15-11-19(12-16-27)24(28)26-13-5-2-6-14-26/h3-4,7-10,19H,2,5-6,11-16H2,1H3. The van der Waals surface area contributed by atoms with Crippen LogP contribution in [0.15, 0.2) is 40.8 Å². The normalized spacial score (nSPS) is 18.3. The number of benzene rings is 2. The van der Waals surface area contributed by atoms with E-state index in [4.69, 9.17) is 4.42 Å². The molecule has 0 radical (unpaired) electrons. The molecule has 0 bridgehead atoms. The zero-order valence-electron chi connectivity index (χ0n) is 17.5. The molecule has 2 saturated heterocycles. The molecular formula is C25H28N2O3. The number of aryl methyl sites for hydroxylation is 1. The largest absolute Gasteiger partial charge is 0.450 e. The molecule has 5 heteroatoms. The lowest BCUT2D eigenvalue weighted by atomic mass is 9.94. The lowest BCUT2D eigenvalue weighted by Gasteiger charge is -2.35. The van der Waals surface area contributed by atoms with Gasteiger partial charge < -0.3 is 14.2 Å². The van der Waals surface area contributed by atoms with Crippen LogP contribution in [0.3, 0.4) is 0 Å². The number of carbonyl (C=O) groups is 2. The lowest BCUT2D eigenvalue weighted by molar-refractivity contribution is -0.137. The first-order chi connectivity index (χ1) is 14.6. The number of furan rings is 1. The van der Waals surface area contributed by atoms with E-state index < -0.39 is 0 Å². The number of rotatable bonds is 2. The third kappa shape index (κ3) is 3.26. The first-order valence-electron chi connectivity index (χ1n) is 11.1. The smallest absolute Gasteiger partial charge is 0.289 e. The van der Waals surface area contributed by atoms with Crippen LogP contribution in [0, 0.1) is 12.8 Å². The van der Waals surface area contributed by atoms with E-state index in [9.17, 15) is 9.59 Å². The van der Waals surface area contributed by atoms with Crippen molar-refractivity contribution in [2.45, 2.75) is 39.0 Å². The molecule has 156 valence electrons. The molecular weight excluding hydrogens is 376 g/mol. The Hall–Kier alpha value is -2.82. The molecule has 2 aromatic carbocycles. The molecule has 2 aliphatic rings. The summed E-state index contributed by atoms with van der Waals surface area (Å²) in [5, 5.41) is 3.13. The van der Waals surface area contributed by atoms with E-state index in [-0.39, 0.29) is 17.7 Å². The second kappa shape index (κ2) is 7.78. The molecule has 0 N–H and O–H groups in total. The van der Waals surface area contributed by atoms with Gasteiger partial charge in [-0.3, -0.25) is 9.59 Å². The van der Waals surface area contributed by atoms with E-state index in [0.29, 0.717) is 18.8 Å². The molecule has 0 spiro atoms. The minimum Gasteiger partial charge on any atom is -0.450 e. The fourth-order valence-electron chi connectivity index (χ4n) is 5.00. The number of hydrogen-bond acceptors (Lipinski definition) is 3. The summed E-state index contributed by atoms with van der Waals surface area (Å²) in [5.41, 5.74) is 1.68. The monoisotopic (exact) mass is 404 g/mol. The number of nitrogens with zero attached hydrogens (tertiary/aromatic N) is 2. The second-order valence-corrected chi connectivity index (χ2v) is 8.67. The highest BCUT2D eigenvalue weighted by Gasteiger charge is 2.32. The van der Waals surface area contributed by atoms with Gasteiger partial charge in [0, 0.05) is 48.4 Å². The summed E-state index contributed by atoms with van der Waals surface area (Å²) in [4.78, 5) is 29.9. The predicted molar refractivity (Wildman–Crippen MR) is 118 cm³/mol. The summed E-state index contributed by atoms with van der Waals surface area (Å²) < 4.78 is 6.13.